The second-order valence-corrected chi connectivity index (χ2v) is 7.65. The molecule has 0 aliphatic carbocycles. The van der Waals surface area contributed by atoms with Crippen molar-refractivity contribution in [3.8, 4) is 0 Å². The largest absolute Gasteiger partial charge is 0.346 e. The van der Waals surface area contributed by atoms with Gasteiger partial charge in [-0.2, -0.15) is 0 Å². The maximum atomic E-state index is 11.6. The number of sulfone groups is 1. The highest BCUT2D eigenvalue weighted by molar-refractivity contribution is 7.91. The van der Waals surface area contributed by atoms with Gasteiger partial charge < -0.3 is 10.3 Å². The third kappa shape index (κ3) is 2.50. The van der Waals surface area contributed by atoms with E-state index >= 15 is 0 Å². The van der Waals surface area contributed by atoms with Gasteiger partial charge in [-0.15, -0.1) is 0 Å². The summed E-state index contributed by atoms with van der Waals surface area (Å²) in [5.74, 6) is 0.506. The predicted octanol–water partition coefficient (Wildman–Crippen LogP) is 1.23. The number of nitrogens with one attached hydrogen (secondary N) is 2. The second-order valence-electron chi connectivity index (χ2n) is 5.47. The van der Waals surface area contributed by atoms with Crippen LogP contribution in [0.5, 0.6) is 0 Å². The van der Waals surface area contributed by atoms with Crippen LogP contribution in [0.3, 0.4) is 0 Å². The van der Waals surface area contributed by atoms with Gasteiger partial charge in [0.05, 0.1) is 11.5 Å². The van der Waals surface area contributed by atoms with Crippen molar-refractivity contribution in [3.63, 3.8) is 0 Å². The molecule has 1 aliphatic rings. The number of fused-ring (bicyclic) bond motifs is 1. The summed E-state index contributed by atoms with van der Waals surface area (Å²) in [6.45, 7) is 2.63. The van der Waals surface area contributed by atoms with E-state index in [0.717, 1.165) is 16.6 Å². The first-order chi connectivity index (χ1) is 8.98. The van der Waals surface area contributed by atoms with Crippen LogP contribution in [0.15, 0.2) is 24.5 Å². The first-order valence-electron chi connectivity index (χ1n) is 6.34. The average Bonchev–Trinajstić information content (AvgIpc) is 2.89. The molecule has 6 heteroatoms. The molecule has 0 bridgehead atoms. The van der Waals surface area contributed by atoms with Crippen LogP contribution in [-0.4, -0.2) is 35.4 Å². The van der Waals surface area contributed by atoms with Gasteiger partial charge in [0, 0.05) is 29.9 Å². The Hall–Kier alpha value is -1.40. The topological polar surface area (TPSA) is 74.8 Å². The molecule has 0 amide bonds. The first-order valence-corrected chi connectivity index (χ1v) is 8.16. The smallest absolute Gasteiger partial charge is 0.152 e. The molecule has 1 fully saturated rings. The minimum atomic E-state index is -2.87. The molecule has 0 radical (unpaired) electrons. The third-order valence-corrected chi connectivity index (χ3v) is 5.65. The molecule has 2 aromatic rings. The van der Waals surface area contributed by atoms with Crippen LogP contribution in [0.1, 0.15) is 18.9 Å². The first kappa shape index (κ1) is 12.6. The minimum absolute atomic E-state index is 0.223. The summed E-state index contributed by atoms with van der Waals surface area (Å²) in [5, 5.41) is 4.46. The van der Waals surface area contributed by atoms with Crippen LogP contribution in [0.2, 0.25) is 0 Å². The number of aromatic nitrogens is 2. The monoisotopic (exact) mass is 279 g/mol. The molecule has 1 unspecified atom stereocenters. The zero-order valence-electron chi connectivity index (χ0n) is 10.8. The van der Waals surface area contributed by atoms with E-state index < -0.39 is 9.84 Å². The molecule has 1 aliphatic heterocycles. The summed E-state index contributed by atoms with van der Waals surface area (Å²) < 4.78 is 23.1. The van der Waals surface area contributed by atoms with Crippen LogP contribution in [-0.2, 0) is 16.4 Å². The number of H-pyrrole nitrogens is 1. The van der Waals surface area contributed by atoms with Gasteiger partial charge in [0.1, 0.15) is 5.65 Å². The van der Waals surface area contributed by atoms with Gasteiger partial charge in [0.25, 0.3) is 0 Å². The van der Waals surface area contributed by atoms with Gasteiger partial charge in [0.15, 0.2) is 9.84 Å². The molecule has 0 spiro atoms. The van der Waals surface area contributed by atoms with E-state index in [9.17, 15) is 8.42 Å². The van der Waals surface area contributed by atoms with Gasteiger partial charge >= 0.3 is 0 Å². The van der Waals surface area contributed by atoms with Crippen molar-refractivity contribution in [2.24, 2.45) is 0 Å². The Labute approximate surface area is 112 Å². The van der Waals surface area contributed by atoms with Crippen LogP contribution >= 0.6 is 0 Å². The van der Waals surface area contributed by atoms with E-state index in [1.54, 1.807) is 6.20 Å². The van der Waals surface area contributed by atoms with E-state index in [1.807, 2.05) is 25.3 Å². The lowest BCUT2D eigenvalue weighted by atomic mass is 10.0. The highest BCUT2D eigenvalue weighted by atomic mass is 32.2. The fourth-order valence-electron chi connectivity index (χ4n) is 2.62. The zero-order valence-corrected chi connectivity index (χ0v) is 11.6. The average molecular weight is 279 g/mol. The Morgan fingerprint density at radius 3 is 3.11 bits per heavy atom. The molecule has 1 saturated heterocycles. The molecule has 3 rings (SSSR count). The van der Waals surface area contributed by atoms with Gasteiger partial charge in [-0.1, -0.05) is 0 Å². The fraction of sp³-hybridized carbons (Fsp3) is 0.462. The standard InChI is InChI=1S/C13H17N3O2S/c1-13(4-6-19(17,18)9-13)16-8-10-7-15-12-11(10)3-2-5-14-12/h2-3,5,7,16H,4,6,8-9H2,1H3,(H,14,15). The number of aromatic amines is 1. The SMILES string of the molecule is CC1(NCc2c[nH]c3ncccc23)CCS(=O)(=O)C1. The lowest BCUT2D eigenvalue weighted by Gasteiger charge is -2.23. The van der Waals surface area contributed by atoms with E-state index in [-0.39, 0.29) is 17.0 Å². The molecule has 1 atom stereocenters. The third-order valence-electron chi connectivity index (χ3n) is 3.75. The number of nitrogens with zero attached hydrogens (tertiary/aromatic N) is 1. The maximum absolute atomic E-state index is 11.6. The molecule has 5 nitrogen and oxygen atoms in total. The van der Waals surface area contributed by atoms with Crippen molar-refractivity contribution in [3.05, 3.63) is 30.1 Å². The molecule has 2 aromatic heterocycles. The van der Waals surface area contributed by atoms with Gasteiger partial charge in [-0.05, 0) is 31.0 Å². The van der Waals surface area contributed by atoms with Crippen LogP contribution in [0.4, 0.5) is 0 Å². The Kier molecular flexibility index (Phi) is 2.87. The molecule has 2 N–H and O–H groups in total. The summed E-state index contributed by atoms with van der Waals surface area (Å²) in [7, 11) is -2.87. The lowest BCUT2D eigenvalue weighted by molar-refractivity contribution is 0.396. The number of hydrogen-bond donors (Lipinski definition) is 2. The fourth-order valence-corrected chi connectivity index (χ4v) is 4.74. The predicted molar refractivity (Wildman–Crippen MR) is 74.6 cm³/mol. The zero-order chi connectivity index (χ0) is 13.5. The van der Waals surface area contributed by atoms with Crippen molar-refractivity contribution in [2.45, 2.75) is 25.4 Å². The maximum Gasteiger partial charge on any atom is 0.152 e. The molecule has 102 valence electrons. The molecule has 0 aromatic carbocycles. The second kappa shape index (κ2) is 4.31. The van der Waals surface area contributed by atoms with E-state index in [4.69, 9.17) is 0 Å². The normalized spacial score (nSPS) is 25.9. The number of pyridine rings is 1. The molecule has 0 saturated carbocycles. The van der Waals surface area contributed by atoms with Crippen LogP contribution in [0, 0.1) is 0 Å². The van der Waals surface area contributed by atoms with Crippen molar-refractivity contribution in [1.82, 2.24) is 15.3 Å². The Morgan fingerprint density at radius 1 is 1.53 bits per heavy atom. The van der Waals surface area contributed by atoms with E-state index in [1.165, 1.54) is 0 Å². The van der Waals surface area contributed by atoms with Gasteiger partial charge in [-0.3, -0.25) is 0 Å². The number of hydrogen-bond acceptors (Lipinski definition) is 4. The Morgan fingerprint density at radius 2 is 2.37 bits per heavy atom. The number of rotatable bonds is 3. The molecule has 19 heavy (non-hydrogen) atoms. The van der Waals surface area contributed by atoms with Crippen LogP contribution in [0.25, 0.3) is 11.0 Å². The summed E-state index contributed by atoms with van der Waals surface area (Å²) in [6.07, 6.45) is 4.36. The highest BCUT2D eigenvalue weighted by Gasteiger charge is 2.37. The van der Waals surface area contributed by atoms with Crippen molar-refractivity contribution in [2.75, 3.05) is 11.5 Å². The van der Waals surface area contributed by atoms with Gasteiger partial charge in [-0.25, -0.2) is 13.4 Å². The minimum Gasteiger partial charge on any atom is -0.346 e. The Bertz CT molecular complexity index is 708. The molecule has 3 heterocycles. The Balaban J connectivity index is 1.76. The van der Waals surface area contributed by atoms with Crippen molar-refractivity contribution in [1.29, 1.82) is 0 Å². The molecular weight excluding hydrogens is 262 g/mol. The van der Waals surface area contributed by atoms with Crippen molar-refractivity contribution < 1.29 is 8.42 Å². The summed E-state index contributed by atoms with van der Waals surface area (Å²) >= 11 is 0. The summed E-state index contributed by atoms with van der Waals surface area (Å²) in [6, 6.07) is 3.92. The summed E-state index contributed by atoms with van der Waals surface area (Å²) in [5.41, 5.74) is 1.67. The van der Waals surface area contributed by atoms with Crippen molar-refractivity contribution >= 4 is 20.9 Å². The van der Waals surface area contributed by atoms with E-state index in [2.05, 4.69) is 15.3 Å². The quantitative estimate of drug-likeness (QED) is 0.886. The lowest BCUT2D eigenvalue weighted by Crippen LogP contribution is -2.42. The highest BCUT2D eigenvalue weighted by Crippen LogP contribution is 2.24. The summed E-state index contributed by atoms with van der Waals surface area (Å²) in [4.78, 5) is 7.37. The van der Waals surface area contributed by atoms with Gasteiger partial charge in [0.2, 0.25) is 0 Å². The molecular formula is C13H17N3O2S. The van der Waals surface area contributed by atoms with Crippen LogP contribution < -0.4 is 5.32 Å². The van der Waals surface area contributed by atoms with E-state index in [0.29, 0.717) is 13.0 Å².